The van der Waals surface area contributed by atoms with Gasteiger partial charge in [0.1, 0.15) is 11.8 Å². The number of hydrogen-bond donors (Lipinski definition) is 1. The second kappa shape index (κ2) is 6.69. The molecule has 3 rings (SSSR count). The minimum absolute atomic E-state index is 0.337. The lowest BCUT2D eigenvalue weighted by Crippen LogP contribution is -2.34. The Balaban J connectivity index is 1.75. The molecular weight excluding hydrogens is 278 g/mol. The molecule has 0 heterocycles. The van der Waals surface area contributed by atoms with Gasteiger partial charge in [0.05, 0.1) is 13.2 Å². The Bertz CT molecular complexity index is 552. The number of rotatable bonds is 7. The molecule has 0 bridgehead atoms. The Labute approximate surface area is 132 Å². The molecule has 1 aromatic carbocycles. The predicted molar refractivity (Wildman–Crippen MR) is 85.0 cm³/mol. The lowest BCUT2D eigenvalue weighted by molar-refractivity contribution is -0.144. The minimum Gasteiger partial charge on any atom is -0.493 e. The number of aryl methyl sites for hydroxylation is 2. The maximum Gasteiger partial charge on any atom is 0.323 e. The summed E-state index contributed by atoms with van der Waals surface area (Å²) in [5.74, 6) is 1.28. The minimum atomic E-state index is -0.623. The number of ether oxygens (including phenoxy) is 2. The zero-order chi connectivity index (χ0) is 15.5. The second-order valence-corrected chi connectivity index (χ2v) is 6.40. The van der Waals surface area contributed by atoms with Crippen LogP contribution >= 0.6 is 0 Å². The molecule has 1 fully saturated rings. The molecule has 0 amide bonds. The summed E-state index contributed by atoms with van der Waals surface area (Å²) in [6, 6.07) is 3.73. The Morgan fingerprint density at radius 2 is 2.05 bits per heavy atom. The van der Waals surface area contributed by atoms with Crippen molar-refractivity contribution in [2.45, 2.75) is 51.5 Å². The van der Waals surface area contributed by atoms with Crippen LogP contribution in [-0.2, 0) is 28.8 Å². The molecule has 2 N–H and O–H groups in total. The second-order valence-electron chi connectivity index (χ2n) is 6.40. The summed E-state index contributed by atoms with van der Waals surface area (Å²) in [4.78, 5) is 11.8. The molecule has 0 radical (unpaired) electrons. The fourth-order valence-corrected chi connectivity index (χ4v) is 3.01. The van der Waals surface area contributed by atoms with Crippen molar-refractivity contribution in [2.75, 3.05) is 13.2 Å². The number of nitrogens with two attached hydrogens (primary N) is 1. The molecular formula is C18H25NO3. The van der Waals surface area contributed by atoms with E-state index >= 15 is 0 Å². The van der Waals surface area contributed by atoms with Gasteiger partial charge >= 0.3 is 5.97 Å². The summed E-state index contributed by atoms with van der Waals surface area (Å²) >= 11 is 0. The van der Waals surface area contributed by atoms with Crippen molar-refractivity contribution in [3.05, 3.63) is 28.8 Å². The fraction of sp³-hybridized carbons (Fsp3) is 0.611. The van der Waals surface area contributed by atoms with Crippen LogP contribution in [0.1, 0.15) is 42.9 Å². The zero-order valence-electron chi connectivity index (χ0n) is 13.3. The maximum absolute atomic E-state index is 11.8. The van der Waals surface area contributed by atoms with Crippen LogP contribution in [0.5, 0.6) is 5.75 Å². The highest BCUT2D eigenvalue weighted by molar-refractivity contribution is 5.76. The SMILES string of the molecule is CCOC(=O)C(N)Cc1cc2c(cc1OCC1CC1)CCC2. The predicted octanol–water partition coefficient (Wildman–Crippen LogP) is 2.40. The van der Waals surface area contributed by atoms with Crippen LogP contribution in [0, 0.1) is 5.92 Å². The summed E-state index contributed by atoms with van der Waals surface area (Å²) in [5, 5.41) is 0. The van der Waals surface area contributed by atoms with E-state index < -0.39 is 6.04 Å². The first-order chi connectivity index (χ1) is 10.7. The number of benzene rings is 1. The van der Waals surface area contributed by atoms with Crippen molar-refractivity contribution in [3.8, 4) is 5.75 Å². The van der Waals surface area contributed by atoms with Crippen molar-refractivity contribution in [2.24, 2.45) is 11.7 Å². The Morgan fingerprint density at radius 1 is 1.32 bits per heavy atom. The average Bonchev–Trinajstić information content (AvgIpc) is 3.22. The molecule has 120 valence electrons. The third kappa shape index (κ3) is 3.61. The molecule has 1 atom stereocenters. The topological polar surface area (TPSA) is 61.5 Å². The van der Waals surface area contributed by atoms with Crippen LogP contribution in [-0.4, -0.2) is 25.2 Å². The number of carbonyl (C=O) groups is 1. The van der Waals surface area contributed by atoms with E-state index in [2.05, 4.69) is 12.1 Å². The van der Waals surface area contributed by atoms with E-state index in [1.807, 2.05) is 0 Å². The van der Waals surface area contributed by atoms with Gasteiger partial charge in [-0.3, -0.25) is 4.79 Å². The van der Waals surface area contributed by atoms with Crippen molar-refractivity contribution in [3.63, 3.8) is 0 Å². The standard InChI is InChI=1S/C18H25NO3/c1-2-21-18(20)16(19)9-15-8-13-4-3-5-14(13)10-17(15)22-11-12-6-7-12/h8,10,12,16H,2-7,9,11,19H2,1H3. The Morgan fingerprint density at radius 3 is 2.73 bits per heavy atom. The summed E-state index contributed by atoms with van der Waals surface area (Å²) in [5.41, 5.74) is 9.80. The molecule has 0 saturated heterocycles. The molecule has 2 aliphatic carbocycles. The molecule has 4 heteroatoms. The van der Waals surface area contributed by atoms with Crippen LogP contribution in [0.4, 0.5) is 0 Å². The largest absolute Gasteiger partial charge is 0.493 e. The third-order valence-electron chi connectivity index (χ3n) is 4.48. The average molecular weight is 303 g/mol. The number of esters is 1. The van der Waals surface area contributed by atoms with Gasteiger partial charge in [-0.15, -0.1) is 0 Å². The normalized spacial score (nSPS) is 17.9. The molecule has 0 aliphatic heterocycles. The highest BCUT2D eigenvalue weighted by Gasteiger charge is 2.24. The van der Waals surface area contributed by atoms with E-state index in [4.69, 9.17) is 15.2 Å². The number of carbonyl (C=O) groups excluding carboxylic acids is 1. The first-order valence-electron chi connectivity index (χ1n) is 8.37. The van der Waals surface area contributed by atoms with Gasteiger partial charge in [-0.2, -0.15) is 0 Å². The summed E-state index contributed by atoms with van der Waals surface area (Å²) in [6.45, 7) is 2.94. The Kier molecular flexibility index (Phi) is 4.67. The van der Waals surface area contributed by atoms with Crippen LogP contribution in [0.2, 0.25) is 0 Å². The molecule has 1 saturated carbocycles. The van der Waals surface area contributed by atoms with Gasteiger partial charge in [0.2, 0.25) is 0 Å². The van der Waals surface area contributed by atoms with E-state index in [1.165, 1.54) is 30.4 Å². The lowest BCUT2D eigenvalue weighted by Gasteiger charge is -2.16. The van der Waals surface area contributed by atoms with E-state index in [0.717, 1.165) is 30.8 Å². The van der Waals surface area contributed by atoms with E-state index in [0.29, 0.717) is 18.9 Å². The molecule has 2 aliphatic rings. The quantitative estimate of drug-likeness (QED) is 0.786. The third-order valence-corrected chi connectivity index (χ3v) is 4.48. The van der Waals surface area contributed by atoms with Crippen molar-refractivity contribution < 1.29 is 14.3 Å². The smallest absolute Gasteiger partial charge is 0.323 e. The van der Waals surface area contributed by atoms with E-state index in [1.54, 1.807) is 6.92 Å². The summed E-state index contributed by atoms with van der Waals surface area (Å²) in [7, 11) is 0. The molecule has 22 heavy (non-hydrogen) atoms. The zero-order valence-corrected chi connectivity index (χ0v) is 13.3. The van der Waals surface area contributed by atoms with Crippen LogP contribution < -0.4 is 10.5 Å². The van der Waals surface area contributed by atoms with Gasteiger partial charge in [-0.25, -0.2) is 0 Å². The van der Waals surface area contributed by atoms with Gasteiger partial charge in [0.15, 0.2) is 0 Å². The highest BCUT2D eigenvalue weighted by Crippen LogP contribution is 2.34. The van der Waals surface area contributed by atoms with Crippen LogP contribution in [0.3, 0.4) is 0 Å². The fourth-order valence-electron chi connectivity index (χ4n) is 3.01. The molecule has 0 aromatic heterocycles. The van der Waals surface area contributed by atoms with Crippen molar-refractivity contribution in [1.82, 2.24) is 0 Å². The number of fused-ring (bicyclic) bond motifs is 1. The number of hydrogen-bond acceptors (Lipinski definition) is 4. The van der Waals surface area contributed by atoms with Gasteiger partial charge < -0.3 is 15.2 Å². The first kappa shape index (κ1) is 15.3. The molecule has 1 unspecified atom stereocenters. The molecule has 0 spiro atoms. The van der Waals surface area contributed by atoms with Crippen LogP contribution in [0.25, 0.3) is 0 Å². The first-order valence-corrected chi connectivity index (χ1v) is 8.37. The van der Waals surface area contributed by atoms with Gasteiger partial charge in [0, 0.05) is 6.42 Å². The van der Waals surface area contributed by atoms with Crippen molar-refractivity contribution >= 4 is 5.97 Å². The van der Waals surface area contributed by atoms with E-state index in [9.17, 15) is 4.79 Å². The molecule has 4 nitrogen and oxygen atoms in total. The van der Waals surface area contributed by atoms with E-state index in [-0.39, 0.29) is 5.97 Å². The summed E-state index contributed by atoms with van der Waals surface area (Å²) in [6.07, 6.45) is 6.45. The van der Waals surface area contributed by atoms with Gasteiger partial charge in [-0.05, 0) is 67.7 Å². The summed E-state index contributed by atoms with van der Waals surface area (Å²) < 4.78 is 11.0. The molecule has 1 aromatic rings. The maximum atomic E-state index is 11.8. The van der Waals surface area contributed by atoms with Crippen LogP contribution in [0.15, 0.2) is 12.1 Å². The highest BCUT2D eigenvalue weighted by atomic mass is 16.5. The Hall–Kier alpha value is -1.55. The van der Waals surface area contributed by atoms with Gasteiger partial charge in [0.25, 0.3) is 0 Å². The van der Waals surface area contributed by atoms with Gasteiger partial charge in [-0.1, -0.05) is 6.07 Å². The monoisotopic (exact) mass is 303 g/mol. The lowest BCUT2D eigenvalue weighted by atomic mass is 10.00. The van der Waals surface area contributed by atoms with Crippen molar-refractivity contribution in [1.29, 1.82) is 0 Å².